The number of allylic oxidation sites excluding steroid dienone is 3. The van der Waals surface area contributed by atoms with Crippen LogP contribution in [0, 0.1) is 6.92 Å². The number of hydrogen-bond donors (Lipinski definition) is 0. The summed E-state index contributed by atoms with van der Waals surface area (Å²) < 4.78 is 27.2. The van der Waals surface area contributed by atoms with Crippen molar-refractivity contribution >= 4 is 10.0 Å². The van der Waals surface area contributed by atoms with Crippen LogP contribution in [-0.2, 0) is 10.0 Å². The van der Waals surface area contributed by atoms with Crippen LogP contribution in [0.4, 0.5) is 0 Å². The van der Waals surface area contributed by atoms with Crippen LogP contribution in [0.1, 0.15) is 44.1 Å². The molecule has 1 aliphatic carbocycles. The third-order valence-electron chi connectivity index (χ3n) is 4.92. The average Bonchev–Trinajstić information content (AvgIpc) is 2.78. The van der Waals surface area contributed by atoms with Gasteiger partial charge in [-0.2, -0.15) is 0 Å². The summed E-state index contributed by atoms with van der Waals surface area (Å²) in [7, 11) is -3.50. The van der Waals surface area contributed by atoms with Crippen LogP contribution in [0.2, 0.25) is 0 Å². The molecule has 1 saturated carbocycles. The smallest absolute Gasteiger partial charge is 0.263 e. The van der Waals surface area contributed by atoms with Crippen molar-refractivity contribution in [3.05, 3.63) is 65.4 Å². The molecule has 0 amide bonds. The second-order valence-corrected chi connectivity index (χ2v) is 8.55. The Labute approximate surface area is 145 Å². The highest BCUT2D eigenvalue weighted by atomic mass is 32.2. The van der Waals surface area contributed by atoms with E-state index in [9.17, 15) is 8.42 Å². The van der Waals surface area contributed by atoms with E-state index in [0.717, 1.165) is 30.4 Å². The zero-order valence-corrected chi connectivity index (χ0v) is 15.1. The van der Waals surface area contributed by atoms with Crippen LogP contribution in [-0.4, -0.2) is 19.3 Å². The molecule has 1 aromatic carbocycles. The van der Waals surface area contributed by atoms with Gasteiger partial charge in [0.05, 0.1) is 4.90 Å². The standard InChI is InChI=1S/C20H25NO2S/c1-16-8-10-19(11-9-16)24(22,23)21-14-12-17(2)20(13-15-21)18-6-4-3-5-7-18/h8-12,14H,2-7,13,15H2,1H3. The molecule has 0 spiro atoms. The van der Waals surface area contributed by atoms with Gasteiger partial charge in [0.25, 0.3) is 10.0 Å². The predicted molar refractivity (Wildman–Crippen MR) is 98.1 cm³/mol. The van der Waals surface area contributed by atoms with Crippen LogP contribution in [0.25, 0.3) is 0 Å². The van der Waals surface area contributed by atoms with Gasteiger partial charge in [0.2, 0.25) is 0 Å². The molecule has 0 aromatic heterocycles. The summed E-state index contributed by atoms with van der Waals surface area (Å²) in [5.41, 5.74) is 4.77. The molecular weight excluding hydrogens is 318 g/mol. The molecule has 1 fully saturated rings. The van der Waals surface area contributed by atoms with Gasteiger partial charge in [0.15, 0.2) is 0 Å². The van der Waals surface area contributed by atoms with Gasteiger partial charge in [-0.25, -0.2) is 8.42 Å². The number of nitrogens with zero attached hydrogens (tertiary/aromatic N) is 1. The first-order chi connectivity index (χ1) is 11.5. The lowest BCUT2D eigenvalue weighted by Gasteiger charge is -2.21. The van der Waals surface area contributed by atoms with E-state index in [1.54, 1.807) is 18.3 Å². The minimum Gasteiger partial charge on any atom is -0.273 e. The van der Waals surface area contributed by atoms with E-state index in [4.69, 9.17) is 0 Å². The van der Waals surface area contributed by atoms with Crippen molar-refractivity contribution in [3.63, 3.8) is 0 Å². The van der Waals surface area contributed by atoms with E-state index in [1.165, 1.54) is 34.7 Å². The Bertz CT molecular complexity index is 777. The zero-order valence-electron chi connectivity index (χ0n) is 14.3. The zero-order chi connectivity index (χ0) is 17.2. The molecule has 24 heavy (non-hydrogen) atoms. The van der Waals surface area contributed by atoms with Gasteiger partial charge in [-0.15, -0.1) is 0 Å². The van der Waals surface area contributed by atoms with Crippen molar-refractivity contribution in [2.45, 2.75) is 50.3 Å². The van der Waals surface area contributed by atoms with Crippen LogP contribution in [0.3, 0.4) is 0 Å². The lowest BCUT2D eigenvalue weighted by Crippen LogP contribution is -2.26. The summed E-state index contributed by atoms with van der Waals surface area (Å²) in [6, 6.07) is 7.03. The normalized spacial score (nSPS) is 19.5. The highest BCUT2D eigenvalue weighted by molar-refractivity contribution is 7.89. The fourth-order valence-corrected chi connectivity index (χ4v) is 4.76. The van der Waals surface area contributed by atoms with Crippen LogP contribution < -0.4 is 0 Å². The number of hydrogen-bond acceptors (Lipinski definition) is 2. The molecule has 3 nitrogen and oxygen atoms in total. The highest BCUT2D eigenvalue weighted by Crippen LogP contribution is 2.33. The molecule has 0 radical (unpaired) electrons. The molecule has 0 unspecified atom stereocenters. The lowest BCUT2D eigenvalue weighted by atomic mass is 9.87. The molecule has 1 heterocycles. The van der Waals surface area contributed by atoms with E-state index in [2.05, 4.69) is 6.58 Å². The van der Waals surface area contributed by atoms with E-state index in [0.29, 0.717) is 11.4 Å². The molecule has 128 valence electrons. The van der Waals surface area contributed by atoms with Crippen molar-refractivity contribution in [1.29, 1.82) is 0 Å². The quantitative estimate of drug-likeness (QED) is 0.779. The molecule has 4 heteroatoms. The molecule has 2 aliphatic rings. The Hall–Kier alpha value is -1.81. The molecule has 3 rings (SSSR count). The van der Waals surface area contributed by atoms with Gasteiger partial charge in [-0.1, -0.05) is 36.3 Å². The van der Waals surface area contributed by atoms with Gasteiger partial charge in [0.1, 0.15) is 0 Å². The molecular formula is C20H25NO2S. The second kappa shape index (κ2) is 6.98. The highest BCUT2D eigenvalue weighted by Gasteiger charge is 2.24. The molecule has 0 bridgehead atoms. The third-order valence-corrected chi connectivity index (χ3v) is 6.71. The van der Waals surface area contributed by atoms with Gasteiger partial charge < -0.3 is 0 Å². The summed E-state index contributed by atoms with van der Waals surface area (Å²) in [4.78, 5) is 0.345. The first kappa shape index (κ1) is 17.0. The fraction of sp³-hybridized carbons (Fsp3) is 0.400. The number of rotatable bonds is 2. The second-order valence-electron chi connectivity index (χ2n) is 6.66. The maximum atomic E-state index is 12.9. The Morgan fingerprint density at radius 2 is 1.67 bits per heavy atom. The maximum absolute atomic E-state index is 12.9. The Kier molecular flexibility index (Phi) is 4.95. The molecule has 0 N–H and O–H groups in total. The summed E-state index contributed by atoms with van der Waals surface area (Å²) in [5, 5.41) is 0. The van der Waals surface area contributed by atoms with Crippen molar-refractivity contribution in [1.82, 2.24) is 4.31 Å². The van der Waals surface area contributed by atoms with Gasteiger partial charge in [-0.3, -0.25) is 4.31 Å². The largest absolute Gasteiger partial charge is 0.273 e. The van der Waals surface area contributed by atoms with E-state index < -0.39 is 10.0 Å². The summed E-state index contributed by atoms with van der Waals surface area (Å²) >= 11 is 0. The average molecular weight is 343 g/mol. The Morgan fingerprint density at radius 3 is 2.33 bits per heavy atom. The van der Waals surface area contributed by atoms with Crippen molar-refractivity contribution < 1.29 is 8.42 Å². The molecule has 1 aromatic rings. The number of sulfonamides is 1. The Balaban J connectivity index is 1.86. The minimum absolute atomic E-state index is 0.345. The third kappa shape index (κ3) is 3.48. The Morgan fingerprint density at radius 1 is 1.00 bits per heavy atom. The van der Waals surface area contributed by atoms with Crippen molar-refractivity contribution in [2.75, 3.05) is 6.54 Å². The minimum atomic E-state index is -3.50. The van der Waals surface area contributed by atoms with Crippen LogP contribution in [0.15, 0.2) is 64.7 Å². The van der Waals surface area contributed by atoms with Gasteiger partial charge >= 0.3 is 0 Å². The molecule has 0 saturated heterocycles. The number of benzene rings is 1. The van der Waals surface area contributed by atoms with Crippen molar-refractivity contribution in [2.24, 2.45) is 0 Å². The van der Waals surface area contributed by atoms with E-state index in [1.807, 2.05) is 25.1 Å². The fourth-order valence-electron chi connectivity index (χ4n) is 3.46. The summed E-state index contributed by atoms with van der Waals surface area (Å²) in [5.74, 6) is 0. The van der Waals surface area contributed by atoms with E-state index >= 15 is 0 Å². The first-order valence-corrected chi connectivity index (χ1v) is 10.1. The monoisotopic (exact) mass is 343 g/mol. The summed E-state index contributed by atoms with van der Waals surface area (Å²) in [6.45, 7) is 6.60. The van der Waals surface area contributed by atoms with Gasteiger partial charge in [0, 0.05) is 12.7 Å². The lowest BCUT2D eigenvalue weighted by molar-refractivity contribution is 0.500. The maximum Gasteiger partial charge on any atom is 0.263 e. The van der Waals surface area contributed by atoms with Crippen molar-refractivity contribution in [3.8, 4) is 0 Å². The summed E-state index contributed by atoms with van der Waals surface area (Å²) in [6.07, 6.45) is 10.3. The van der Waals surface area contributed by atoms with Gasteiger partial charge in [-0.05, 0) is 68.4 Å². The van der Waals surface area contributed by atoms with E-state index in [-0.39, 0.29) is 0 Å². The topological polar surface area (TPSA) is 37.4 Å². The SMILES string of the molecule is C=C1C=CN(S(=O)(=O)c2ccc(C)cc2)CCC1=C1CCCCC1. The molecule has 1 aliphatic heterocycles. The molecule has 0 atom stereocenters. The predicted octanol–water partition coefficient (Wildman–Crippen LogP) is 4.72. The number of aryl methyl sites for hydroxylation is 1. The van der Waals surface area contributed by atoms with Crippen LogP contribution >= 0.6 is 0 Å². The first-order valence-electron chi connectivity index (χ1n) is 8.65. The van der Waals surface area contributed by atoms with Crippen LogP contribution in [0.5, 0.6) is 0 Å².